The number of nitrogens with one attached hydrogen (secondary N) is 1. The van der Waals surface area contributed by atoms with Crippen molar-refractivity contribution >= 4 is 11.6 Å². The molecule has 112 valence electrons. The van der Waals surface area contributed by atoms with Crippen molar-refractivity contribution in [3.8, 4) is 0 Å². The lowest BCUT2D eigenvalue weighted by Crippen LogP contribution is -2.27. The smallest absolute Gasteiger partial charge is 0.0482 e. The highest BCUT2D eigenvalue weighted by molar-refractivity contribution is 6.32. The van der Waals surface area contributed by atoms with Crippen LogP contribution in [0.3, 0.4) is 0 Å². The standard InChI is InChI=1S/C17H26ClNO/c1-3-9-19-16(12-14-7-10-20-11-8-14)15-6-4-5-13(2)17(15)18/h4-6,14,16,19H,3,7-12H2,1-2H3. The molecule has 1 fully saturated rings. The molecule has 2 nitrogen and oxygen atoms in total. The predicted octanol–water partition coefficient (Wildman–Crippen LogP) is 4.51. The monoisotopic (exact) mass is 295 g/mol. The number of hydrogen-bond acceptors (Lipinski definition) is 2. The van der Waals surface area contributed by atoms with Gasteiger partial charge < -0.3 is 10.1 Å². The van der Waals surface area contributed by atoms with Gasteiger partial charge in [-0.05, 0) is 56.2 Å². The van der Waals surface area contributed by atoms with Gasteiger partial charge in [-0.2, -0.15) is 0 Å². The van der Waals surface area contributed by atoms with Gasteiger partial charge in [-0.25, -0.2) is 0 Å². The van der Waals surface area contributed by atoms with Crippen LogP contribution in [-0.2, 0) is 4.74 Å². The number of rotatable bonds is 6. The van der Waals surface area contributed by atoms with E-state index < -0.39 is 0 Å². The van der Waals surface area contributed by atoms with Crippen LogP contribution in [0.1, 0.15) is 49.8 Å². The number of aryl methyl sites for hydroxylation is 1. The molecule has 3 heteroatoms. The maximum Gasteiger partial charge on any atom is 0.0482 e. The molecule has 1 heterocycles. The van der Waals surface area contributed by atoms with Crippen molar-refractivity contribution in [2.24, 2.45) is 5.92 Å². The van der Waals surface area contributed by atoms with Crippen molar-refractivity contribution in [3.63, 3.8) is 0 Å². The van der Waals surface area contributed by atoms with E-state index in [2.05, 4.69) is 37.4 Å². The summed E-state index contributed by atoms with van der Waals surface area (Å²) in [7, 11) is 0. The van der Waals surface area contributed by atoms with Crippen LogP contribution in [0.25, 0.3) is 0 Å². The van der Waals surface area contributed by atoms with E-state index in [1.165, 1.54) is 24.0 Å². The lowest BCUT2D eigenvalue weighted by Gasteiger charge is -2.28. The Hall–Kier alpha value is -0.570. The fourth-order valence-electron chi connectivity index (χ4n) is 2.89. The number of halogens is 1. The van der Waals surface area contributed by atoms with Gasteiger partial charge >= 0.3 is 0 Å². The molecule has 1 aliphatic heterocycles. The predicted molar refractivity (Wildman–Crippen MR) is 85.4 cm³/mol. The first-order chi connectivity index (χ1) is 9.72. The Morgan fingerprint density at radius 1 is 1.35 bits per heavy atom. The van der Waals surface area contributed by atoms with E-state index in [0.717, 1.165) is 43.5 Å². The second kappa shape index (κ2) is 8.02. The van der Waals surface area contributed by atoms with Gasteiger partial charge in [-0.15, -0.1) is 0 Å². The third kappa shape index (κ3) is 4.21. The van der Waals surface area contributed by atoms with E-state index in [1.807, 2.05) is 0 Å². The third-order valence-electron chi connectivity index (χ3n) is 4.15. The van der Waals surface area contributed by atoms with Crippen LogP contribution >= 0.6 is 11.6 Å². The van der Waals surface area contributed by atoms with Crippen molar-refractivity contribution in [2.75, 3.05) is 19.8 Å². The Kier molecular flexibility index (Phi) is 6.34. The molecule has 0 spiro atoms. The van der Waals surface area contributed by atoms with Gasteiger partial charge in [0.15, 0.2) is 0 Å². The van der Waals surface area contributed by atoms with Crippen LogP contribution in [0.15, 0.2) is 18.2 Å². The minimum Gasteiger partial charge on any atom is -0.381 e. The zero-order valence-electron chi connectivity index (χ0n) is 12.6. The van der Waals surface area contributed by atoms with Crippen LogP contribution < -0.4 is 5.32 Å². The molecule has 0 saturated carbocycles. The van der Waals surface area contributed by atoms with Gasteiger partial charge in [0.25, 0.3) is 0 Å². The quantitative estimate of drug-likeness (QED) is 0.834. The highest BCUT2D eigenvalue weighted by Gasteiger charge is 2.22. The SMILES string of the molecule is CCCNC(CC1CCOCC1)c1cccc(C)c1Cl. The zero-order valence-corrected chi connectivity index (χ0v) is 13.4. The Balaban J connectivity index is 2.11. The molecule has 0 radical (unpaired) electrons. The summed E-state index contributed by atoms with van der Waals surface area (Å²) in [4.78, 5) is 0. The molecule has 1 aromatic carbocycles. The van der Waals surface area contributed by atoms with Crippen molar-refractivity contribution in [2.45, 2.75) is 45.6 Å². The average molecular weight is 296 g/mol. The second-order valence-electron chi connectivity index (χ2n) is 5.78. The van der Waals surface area contributed by atoms with E-state index >= 15 is 0 Å². The number of hydrogen-bond donors (Lipinski definition) is 1. The van der Waals surface area contributed by atoms with Crippen LogP contribution in [0.4, 0.5) is 0 Å². The first-order valence-electron chi connectivity index (χ1n) is 7.78. The Morgan fingerprint density at radius 3 is 2.80 bits per heavy atom. The lowest BCUT2D eigenvalue weighted by atomic mass is 9.89. The molecule has 1 unspecified atom stereocenters. The summed E-state index contributed by atoms with van der Waals surface area (Å²) in [6, 6.07) is 6.73. The molecule has 1 aliphatic rings. The number of benzene rings is 1. The maximum atomic E-state index is 6.52. The Bertz CT molecular complexity index is 415. The van der Waals surface area contributed by atoms with Gasteiger partial charge in [0.2, 0.25) is 0 Å². The summed E-state index contributed by atoms with van der Waals surface area (Å²) in [5, 5.41) is 4.60. The van der Waals surface area contributed by atoms with Crippen LogP contribution in [0, 0.1) is 12.8 Å². The largest absolute Gasteiger partial charge is 0.381 e. The van der Waals surface area contributed by atoms with Gasteiger partial charge in [0.05, 0.1) is 0 Å². The minimum atomic E-state index is 0.366. The molecule has 1 atom stereocenters. The maximum absolute atomic E-state index is 6.52. The highest BCUT2D eigenvalue weighted by Crippen LogP contribution is 2.32. The second-order valence-corrected chi connectivity index (χ2v) is 6.15. The van der Waals surface area contributed by atoms with E-state index in [9.17, 15) is 0 Å². The first-order valence-corrected chi connectivity index (χ1v) is 8.16. The average Bonchev–Trinajstić information content (AvgIpc) is 2.48. The van der Waals surface area contributed by atoms with Crippen molar-refractivity contribution in [3.05, 3.63) is 34.3 Å². The molecule has 0 amide bonds. The summed E-state index contributed by atoms with van der Waals surface area (Å²) in [6.07, 6.45) is 4.65. The fourth-order valence-corrected chi connectivity index (χ4v) is 3.15. The van der Waals surface area contributed by atoms with Gasteiger partial charge in [0, 0.05) is 24.3 Å². The summed E-state index contributed by atoms with van der Waals surface area (Å²) in [5.74, 6) is 0.745. The molecular weight excluding hydrogens is 270 g/mol. The van der Waals surface area contributed by atoms with Crippen LogP contribution in [0.5, 0.6) is 0 Å². The normalized spacial score (nSPS) is 18.1. The van der Waals surface area contributed by atoms with E-state index in [1.54, 1.807) is 0 Å². The fraction of sp³-hybridized carbons (Fsp3) is 0.647. The molecular formula is C17H26ClNO. The van der Waals surface area contributed by atoms with Crippen molar-refractivity contribution < 1.29 is 4.74 Å². The van der Waals surface area contributed by atoms with Crippen molar-refractivity contribution in [1.82, 2.24) is 5.32 Å². The molecule has 20 heavy (non-hydrogen) atoms. The van der Waals surface area contributed by atoms with E-state index in [-0.39, 0.29) is 0 Å². The van der Waals surface area contributed by atoms with E-state index in [4.69, 9.17) is 16.3 Å². The summed E-state index contributed by atoms with van der Waals surface area (Å²) >= 11 is 6.52. The first kappa shape index (κ1) is 15.8. The molecule has 1 aromatic rings. The minimum absolute atomic E-state index is 0.366. The van der Waals surface area contributed by atoms with Gasteiger partial charge in [0.1, 0.15) is 0 Å². The highest BCUT2D eigenvalue weighted by atomic mass is 35.5. The van der Waals surface area contributed by atoms with E-state index in [0.29, 0.717) is 6.04 Å². The molecule has 0 aliphatic carbocycles. The Morgan fingerprint density at radius 2 is 2.10 bits per heavy atom. The number of ether oxygens (including phenoxy) is 1. The third-order valence-corrected chi connectivity index (χ3v) is 4.66. The van der Waals surface area contributed by atoms with Crippen molar-refractivity contribution in [1.29, 1.82) is 0 Å². The summed E-state index contributed by atoms with van der Waals surface area (Å²) in [6.45, 7) is 7.14. The molecule has 0 bridgehead atoms. The molecule has 1 N–H and O–H groups in total. The van der Waals surface area contributed by atoms with Crippen LogP contribution in [0.2, 0.25) is 5.02 Å². The topological polar surface area (TPSA) is 21.3 Å². The van der Waals surface area contributed by atoms with Crippen LogP contribution in [-0.4, -0.2) is 19.8 Å². The van der Waals surface area contributed by atoms with Gasteiger partial charge in [-0.3, -0.25) is 0 Å². The zero-order chi connectivity index (χ0) is 14.4. The Labute approximate surface area is 127 Å². The molecule has 1 saturated heterocycles. The lowest BCUT2D eigenvalue weighted by molar-refractivity contribution is 0.0605. The summed E-state index contributed by atoms with van der Waals surface area (Å²) in [5.41, 5.74) is 2.42. The molecule has 0 aromatic heterocycles. The van der Waals surface area contributed by atoms with Gasteiger partial charge in [-0.1, -0.05) is 36.7 Å². The molecule has 2 rings (SSSR count). The summed E-state index contributed by atoms with van der Waals surface area (Å²) < 4.78 is 5.46.